The lowest BCUT2D eigenvalue weighted by molar-refractivity contribution is -0.134. The van der Waals surface area contributed by atoms with Crippen molar-refractivity contribution in [3.63, 3.8) is 0 Å². The summed E-state index contributed by atoms with van der Waals surface area (Å²) >= 11 is 0. The van der Waals surface area contributed by atoms with Crippen molar-refractivity contribution in [1.82, 2.24) is 20.0 Å². The summed E-state index contributed by atoms with van der Waals surface area (Å²) in [5.41, 5.74) is 3.63. The Morgan fingerprint density at radius 2 is 2.18 bits per heavy atom. The van der Waals surface area contributed by atoms with Gasteiger partial charge in [0.25, 0.3) is 0 Å². The third-order valence-electron chi connectivity index (χ3n) is 4.20. The van der Waals surface area contributed by atoms with Gasteiger partial charge in [0.05, 0.1) is 12.2 Å². The van der Waals surface area contributed by atoms with Crippen LogP contribution in [-0.2, 0) is 31.4 Å². The first-order valence-corrected chi connectivity index (χ1v) is 7.74. The molecule has 0 saturated heterocycles. The van der Waals surface area contributed by atoms with E-state index >= 15 is 0 Å². The molecule has 0 aliphatic carbocycles. The summed E-state index contributed by atoms with van der Waals surface area (Å²) in [6.07, 6.45) is 4.54. The van der Waals surface area contributed by atoms with E-state index in [9.17, 15) is 4.79 Å². The number of nitrogens with one attached hydrogen (secondary N) is 1. The van der Waals surface area contributed by atoms with Crippen LogP contribution < -0.4 is 5.32 Å². The van der Waals surface area contributed by atoms with E-state index in [1.54, 1.807) is 4.68 Å². The number of nitrogens with zero attached hydrogens (tertiary/aromatic N) is 3. The summed E-state index contributed by atoms with van der Waals surface area (Å²) in [5, 5.41) is 7.54. The Bertz CT molecular complexity index is 664. The number of aryl methyl sites for hydroxylation is 1. The summed E-state index contributed by atoms with van der Waals surface area (Å²) < 4.78 is 1.77. The second-order valence-corrected chi connectivity index (χ2v) is 5.78. The number of carbonyl (C=O) groups is 1. The first-order chi connectivity index (χ1) is 10.7. The molecule has 0 unspecified atom stereocenters. The van der Waals surface area contributed by atoms with E-state index in [0.29, 0.717) is 13.1 Å². The highest BCUT2D eigenvalue weighted by Crippen LogP contribution is 2.18. The van der Waals surface area contributed by atoms with Gasteiger partial charge in [0.15, 0.2) is 0 Å². The van der Waals surface area contributed by atoms with Gasteiger partial charge in [-0.25, -0.2) is 0 Å². The van der Waals surface area contributed by atoms with Crippen molar-refractivity contribution >= 4 is 5.91 Å². The molecule has 1 amide bonds. The van der Waals surface area contributed by atoms with Crippen molar-refractivity contribution < 1.29 is 4.79 Å². The molecule has 116 valence electrons. The Morgan fingerprint density at radius 1 is 1.41 bits per heavy atom. The fraction of sp³-hybridized carbons (Fsp3) is 0.412. The Hall–Kier alpha value is -2.14. The second-order valence-electron chi connectivity index (χ2n) is 5.78. The van der Waals surface area contributed by atoms with Crippen molar-refractivity contribution in [2.24, 2.45) is 7.05 Å². The van der Waals surface area contributed by atoms with Crippen LogP contribution in [0.25, 0.3) is 0 Å². The lowest BCUT2D eigenvalue weighted by Gasteiger charge is -2.30. The minimum atomic E-state index is -0.133. The Kier molecular flexibility index (Phi) is 4.24. The molecule has 1 aromatic carbocycles. The first kappa shape index (κ1) is 14.8. The molecule has 0 fully saturated rings. The molecule has 2 aromatic rings. The van der Waals surface area contributed by atoms with Gasteiger partial charge >= 0.3 is 0 Å². The van der Waals surface area contributed by atoms with Crippen LogP contribution in [0.4, 0.5) is 0 Å². The third kappa shape index (κ3) is 3.04. The number of fused-ring (bicyclic) bond motifs is 1. The topological polar surface area (TPSA) is 50.2 Å². The minimum absolute atomic E-state index is 0.133. The zero-order valence-electron chi connectivity index (χ0n) is 13.1. The summed E-state index contributed by atoms with van der Waals surface area (Å²) in [6.45, 7) is 4.10. The number of hydrogen-bond acceptors (Lipinski definition) is 3. The van der Waals surface area contributed by atoms with Crippen LogP contribution in [0.2, 0.25) is 0 Å². The monoisotopic (exact) mass is 298 g/mol. The zero-order valence-corrected chi connectivity index (χ0v) is 13.1. The molecular formula is C17H22N4O. The van der Waals surface area contributed by atoms with Crippen LogP contribution in [0.1, 0.15) is 23.6 Å². The van der Waals surface area contributed by atoms with Crippen LogP contribution in [0.5, 0.6) is 0 Å². The number of likely N-dealkylation sites (N-methyl/N-ethyl adjacent to an activating group) is 1. The maximum Gasteiger partial charge on any atom is 0.240 e. The van der Waals surface area contributed by atoms with E-state index in [0.717, 1.165) is 18.5 Å². The number of benzene rings is 1. The van der Waals surface area contributed by atoms with Gasteiger partial charge in [-0.15, -0.1) is 0 Å². The molecule has 0 saturated carbocycles. The molecule has 0 radical (unpaired) electrons. The van der Waals surface area contributed by atoms with E-state index in [-0.39, 0.29) is 11.9 Å². The lowest BCUT2D eigenvalue weighted by Crippen LogP contribution is -2.49. The lowest BCUT2D eigenvalue weighted by atomic mass is 9.95. The normalized spacial score (nSPS) is 17.1. The predicted octanol–water partition coefficient (Wildman–Crippen LogP) is 1.48. The van der Waals surface area contributed by atoms with E-state index in [1.165, 1.54) is 11.1 Å². The van der Waals surface area contributed by atoms with E-state index in [4.69, 9.17) is 0 Å². The van der Waals surface area contributed by atoms with Gasteiger partial charge in [-0.1, -0.05) is 24.3 Å². The summed E-state index contributed by atoms with van der Waals surface area (Å²) in [7, 11) is 1.89. The number of amides is 1. The van der Waals surface area contributed by atoms with Crippen molar-refractivity contribution in [2.75, 3.05) is 6.54 Å². The van der Waals surface area contributed by atoms with Crippen LogP contribution in [0, 0.1) is 0 Å². The van der Waals surface area contributed by atoms with Crippen LogP contribution in [0.3, 0.4) is 0 Å². The number of rotatable bonds is 4. The van der Waals surface area contributed by atoms with Crippen molar-refractivity contribution in [2.45, 2.75) is 32.5 Å². The highest BCUT2D eigenvalue weighted by Gasteiger charge is 2.27. The largest absolute Gasteiger partial charge is 0.337 e. The number of carbonyl (C=O) groups excluding carboxylic acids is 1. The fourth-order valence-electron chi connectivity index (χ4n) is 2.97. The number of aromatic nitrogens is 2. The molecule has 5 nitrogen and oxygen atoms in total. The fourth-order valence-corrected chi connectivity index (χ4v) is 2.97. The maximum absolute atomic E-state index is 12.8. The van der Waals surface area contributed by atoms with Gasteiger partial charge in [-0.05, 0) is 24.5 Å². The standard InChI is InChI=1S/C17H22N4O/c1-3-21(12-13-9-19-20(2)11-13)17(22)16-8-14-6-4-5-7-15(14)10-18-16/h4-7,9,11,16,18H,3,8,10,12H2,1-2H3/t16-/m1/s1. The first-order valence-electron chi connectivity index (χ1n) is 7.74. The van der Waals surface area contributed by atoms with E-state index < -0.39 is 0 Å². The molecule has 0 bridgehead atoms. The van der Waals surface area contributed by atoms with E-state index in [2.05, 4.69) is 22.5 Å². The average molecular weight is 298 g/mol. The highest BCUT2D eigenvalue weighted by atomic mass is 16.2. The number of hydrogen-bond donors (Lipinski definition) is 1. The van der Waals surface area contributed by atoms with Crippen molar-refractivity contribution in [3.05, 3.63) is 53.3 Å². The van der Waals surface area contributed by atoms with Gasteiger partial charge in [-0.3, -0.25) is 9.48 Å². The van der Waals surface area contributed by atoms with Crippen LogP contribution in [-0.4, -0.2) is 33.2 Å². The molecule has 3 rings (SSSR count). The average Bonchev–Trinajstić information content (AvgIpc) is 2.96. The van der Waals surface area contributed by atoms with E-state index in [1.807, 2.05) is 43.4 Å². The molecule has 1 aliphatic rings. The van der Waals surface area contributed by atoms with Gasteiger partial charge in [0.1, 0.15) is 0 Å². The van der Waals surface area contributed by atoms with Crippen molar-refractivity contribution in [3.8, 4) is 0 Å². The highest BCUT2D eigenvalue weighted by molar-refractivity contribution is 5.82. The minimum Gasteiger partial charge on any atom is -0.337 e. The summed E-state index contributed by atoms with van der Waals surface area (Å²) in [6, 6.07) is 8.19. The quantitative estimate of drug-likeness (QED) is 0.930. The molecule has 1 aromatic heterocycles. The molecular weight excluding hydrogens is 276 g/mol. The zero-order chi connectivity index (χ0) is 15.5. The molecule has 5 heteroatoms. The second kappa shape index (κ2) is 6.32. The van der Waals surface area contributed by atoms with Gasteiger partial charge < -0.3 is 10.2 Å². The Morgan fingerprint density at radius 3 is 2.86 bits per heavy atom. The Labute approximate surface area is 130 Å². The molecule has 0 spiro atoms. The van der Waals surface area contributed by atoms with Gasteiger partial charge in [-0.2, -0.15) is 5.10 Å². The predicted molar refractivity (Wildman–Crippen MR) is 85.1 cm³/mol. The van der Waals surface area contributed by atoms with Gasteiger partial charge in [0.2, 0.25) is 5.91 Å². The van der Waals surface area contributed by atoms with Crippen LogP contribution in [0.15, 0.2) is 36.7 Å². The molecule has 22 heavy (non-hydrogen) atoms. The maximum atomic E-state index is 12.8. The third-order valence-corrected chi connectivity index (χ3v) is 4.20. The SMILES string of the molecule is CCN(Cc1cnn(C)c1)C(=O)[C@H]1Cc2ccccc2CN1. The summed E-state index contributed by atoms with van der Waals surface area (Å²) in [5.74, 6) is 0.167. The summed E-state index contributed by atoms with van der Waals surface area (Å²) in [4.78, 5) is 14.7. The van der Waals surface area contributed by atoms with Crippen LogP contribution >= 0.6 is 0 Å². The Balaban J connectivity index is 1.69. The molecule has 1 N–H and O–H groups in total. The molecule has 1 atom stereocenters. The smallest absolute Gasteiger partial charge is 0.240 e. The van der Waals surface area contributed by atoms with Crippen molar-refractivity contribution in [1.29, 1.82) is 0 Å². The van der Waals surface area contributed by atoms with Gasteiger partial charge in [0, 0.05) is 38.4 Å². The molecule has 1 aliphatic heterocycles. The molecule has 2 heterocycles.